The number of nitrogens with zero attached hydrogens (tertiary/aromatic N) is 1. The van der Waals surface area contributed by atoms with Gasteiger partial charge in [0.15, 0.2) is 0 Å². The summed E-state index contributed by atoms with van der Waals surface area (Å²) in [5, 5.41) is 16.1. The van der Waals surface area contributed by atoms with E-state index in [1.807, 2.05) is 26.2 Å². The third-order valence-electron chi connectivity index (χ3n) is 3.06. The molecule has 0 aliphatic heterocycles. The SMILES string of the molecule is CCCC(O)(CCC)CNC(=O)C=Cc1csc(C)n1. The maximum Gasteiger partial charge on any atom is 0.244 e. The second kappa shape index (κ2) is 8.17. The molecule has 5 heteroatoms. The van der Waals surface area contributed by atoms with E-state index in [2.05, 4.69) is 10.3 Å². The standard InChI is InChI=1S/C15H24N2O2S/c1-4-8-15(19,9-5-2)11-16-14(18)7-6-13-10-20-12(3)17-13/h6-7,10,19H,4-5,8-9,11H2,1-3H3,(H,16,18). The first-order valence-electron chi connectivity index (χ1n) is 7.09. The number of aryl methyl sites for hydroxylation is 1. The summed E-state index contributed by atoms with van der Waals surface area (Å²) in [7, 11) is 0. The zero-order valence-electron chi connectivity index (χ0n) is 12.5. The Morgan fingerprint density at radius 2 is 2.10 bits per heavy atom. The fourth-order valence-electron chi connectivity index (χ4n) is 2.16. The van der Waals surface area contributed by atoms with E-state index in [1.165, 1.54) is 6.08 Å². The fraction of sp³-hybridized carbons (Fsp3) is 0.600. The van der Waals surface area contributed by atoms with E-state index < -0.39 is 5.60 Å². The van der Waals surface area contributed by atoms with Gasteiger partial charge in [0, 0.05) is 18.0 Å². The summed E-state index contributed by atoms with van der Waals surface area (Å²) in [6.45, 7) is 6.30. The van der Waals surface area contributed by atoms with Crippen molar-refractivity contribution in [2.24, 2.45) is 0 Å². The van der Waals surface area contributed by atoms with Gasteiger partial charge in [-0.2, -0.15) is 0 Å². The lowest BCUT2D eigenvalue weighted by Crippen LogP contribution is -2.42. The van der Waals surface area contributed by atoms with Gasteiger partial charge in [-0.25, -0.2) is 4.98 Å². The van der Waals surface area contributed by atoms with Gasteiger partial charge in [0.25, 0.3) is 0 Å². The van der Waals surface area contributed by atoms with E-state index in [0.29, 0.717) is 19.4 Å². The quantitative estimate of drug-likeness (QED) is 0.725. The number of carbonyl (C=O) groups is 1. The first-order valence-corrected chi connectivity index (χ1v) is 7.97. The molecule has 0 atom stereocenters. The van der Waals surface area contributed by atoms with E-state index >= 15 is 0 Å². The Kier molecular flexibility index (Phi) is 6.88. The van der Waals surface area contributed by atoms with Crippen molar-refractivity contribution in [2.75, 3.05) is 6.54 Å². The zero-order chi connectivity index (χ0) is 15.0. The third kappa shape index (κ3) is 5.84. The predicted octanol–water partition coefficient (Wildman–Crippen LogP) is 2.91. The molecule has 4 nitrogen and oxygen atoms in total. The smallest absolute Gasteiger partial charge is 0.244 e. The minimum atomic E-state index is -0.787. The summed E-state index contributed by atoms with van der Waals surface area (Å²) >= 11 is 1.55. The molecule has 1 aromatic rings. The number of amides is 1. The van der Waals surface area contributed by atoms with Gasteiger partial charge in [0.05, 0.1) is 16.3 Å². The summed E-state index contributed by atoms with van der Waals surface area (Å²) in [6, 6.07) is 0. The molecule has 0 bridgehead atoms. The summed E-state index contributed by atoms with van der Waals surface area (Å²) in [6.07, 6.45) is 6.37. The largest absolute Gasteiger partial charge is 0.388 e. The molecule has 2 N–H and O–H groups in total. The van der Waals surface area contributed by atoms with Crippen LogP contribution in [-0.4, -0.2) is 28.1 Å². The molecule has 0 fully saturated rings. The van der Waals surface area contributed by atoms with E-state index in [4.69, 9.17) is 0 Å². The van der Waals surface area contributed by atoms with Crippen LogP contribution in [-0.2, 0) is 4.79 Å². The van der Waals surface area contributed by atoms with E-state index in [1.54, 1.807) is 17.4 Å². The number of rotatable bonds is 8. The molecule has 0 aliphatic rings. The summed E-state index contributed by atoms with van der Waals surface area (Å²) < 4.78 is 0. The molecular formula is C15H24N2O2S. The number of nitrogens with one attached hydrogen (secondary N) is 1. The fourth-order valence-corrected chi connectivity index (χ4v) is 2.74. The Labute approximate surface area is 124 Å². The van der Waals surface area contributed by atoms with Crippen LogP contribution in [0.15, 0.2) is 11.5 Å². The van der Waals surface area contributed by atoms with Crippen LogP contribution in [0.2, 0.25) is 0 Å². The Morgan fingerprint density at radius 3 is 2.60 bits per heavy atom. The highest BCUT2D eigenvalue weighted by Crippen LogP contribution is 2.18. The van der Waals surface area contributed by atoms with E-state index in [0.717, 1.165) is 23.5 Å². The van der Waals surface area contributed by atoms with Gasteiger partial charge in [-0.3, -0.25) is 4.79 Å². The topological polar surface area (TPSA) is 62.2 Å². The van der Waals surface area contributed by atoms with Crippen molar-refractivity contribution in [1.29, 1.82) is 0 Å². The molecule has 0 unspecified atom stereocenters. The van der Waals surface area contributed by atoms with Crippen LogP contribution in [0, 0.1) is 6.92 Å². The number of thiazole rings is 1. The average Bonchev–Trinajstić information content (AvgIpc) is 2.80. The summed E-state index contributed by atoms with van der Waals surface area (Å²) in [4.78, 5) is 16.0. The van der Waals surface area contributed by atoms with Crippen molar-refractivity contribution in [3.8, 4) is 0 Å². The lowest BCUT2D eigenvalue weighted by molar-refractivity contribution is -0.117. The van der Waals surface area contributed by atoms with Gasteiger partial charge in [-0.05, 0) is 25.8 Å². The summed E-state index contributed by atoms with van der Waals surface area (Å²) in [5.74, 6) is -0.193. The molecule has 1 heterocycles. The van der Waals surface area contributed by atoms with Crippen molar-refractivity contribution in [2.45, 2.75) is 52.1 Å². The van der Waals surface area contributed by atoms with Gasteiger partial charge in [-0.15, -0.1) is 11.3 Å². The lowest BCUT2D eigenvalue weighted by atomic mass is 9.92. The second-order valence-corrected chi connectivity index (χ2v) is 6.13. The Morgan fingerprint density at radius 1 is 1.45 bits per heavy atom. The van der Waals surface area contributed by atoms with Crippen molar-refractivity contribution in [3.63, 3.8) is 0 Å². The molecule has 112 valence electrons. The first kappa shape index (κ1) is 16.9. The minimum Gasteiger partial charge on any atom is -0.388 e. The lowest BCUT2D eigenvalue weighted by Gasteiger charge is -2.27. The number of carbonyl (C=O) groups excluding carboxylic acids is 1. The molecule has 0 radical (unpaired) electrons. The minimum absolute atomic E-state index is 0.193. The van der Waals surface area contributed by atoms with Crippen molar-refractivity contribution in [1.82, 2.24) is 10.3 Å². The molecule has 1 aromatic heterocycles. The Bertz CT molecular complexity index is 448. The first-order chi connectivity index (χ1) is 9.49. The Hall–Kier alpha value is -1.20. The van der Waals surface area contributed by atoms with Gasteiger partial charge in [0.2, 0.25) is 5.91 Å². The van der Waals surface area contributed by atoms with Crippen LogP contribution in [0.1, 0.15) is 50.2 Å². The maximum atomic E-state index is 11.7. The van der Waals surface area contributed by atoms with Crippen molar-refractivity contribution >= 4 is 23.3 Å². The molecule has 0 aromatic carbocycles. The van der Waals surface area contributed by atoms with Gasteiger partial charge in [-0.1, -0.05) is 26.7 Å². The second-order valence-electron chi connectivity index (χ2n) is 5.07. The zero-order valence-corrected chi connectivity index (χ0v) is 13.3. The molecule has 20 heavy (non-hydrogen) atoms. The summed E-state index contributed by atoms with van der Waals surface area (Å²) in [5.41, 5.74) is 0.00421. The van der Waals surface area contributed by atoms with Crippen LogP contribution in [0.4, 0.5) is 0 Å². The van der Waals surface area contributed by atoms with Gasteiger partial charge in [0.1, 0.15) is 0 Å². The predicted molar refractivity (Wildman–Crippen MR) is 83.7 cm³/mol. The molecule has 1 rings (SSSR count). The van der Waals surface area contributed by atoms with E-state index in [-0.39, 0.29) is 5.91 Å². The normalized spacial score (nSPS) is 12.0. The third-order valence-corrected chi connectivity index (χ3v) is 3.86. The number of hydrogen-bond donors (Lipinski definition) is 2. The van der Waals surface area contributed by atoms with Crippen molar-refractivity contribution < 1.29 is 9.90 Å². The molecule has 0 saturated carbocycles. The van der Waals surface area contributed by atoms with E-state index in [9.17, 15) is 9.90 Å². The van der Waals surface area contributed by atoms with Gasteiger partial charge < -0.3 is 10.4 Å². The van der Waals surface area contributed by atoms with Crippen LogP contribution in [0.5, 0.6) is 0 Å². The number of hydrogen-bond acceptors (Lipinski definition) is 4. The molecule has 0 aliphatic carbocycles. The highest BCUT2D eigenvalue weighted by Gasteiger charge is 2.24. The van der Waals surface area contributed by atoms with Gasteiger partial charge >= 0.3 is 0 Å². The van der Waals surface area contributed by atoms with Crippen LogP contribution in [0.3, 0.4) is 0 Å². The average molecular weight is 296 g/mol. The van der Waals surface area contributed by atoms with Crippen LogP contribution in [0.25, 0.3) is 6.08 Å². The van der Waals surface area contributed by atoms with Crippen LogP contribution >= 0.6 is 11.3 Å². The molecule has 0 saturated heterocycles. The maximum absolute atomic E-state index is 11.7. The monoisotopic (exact) mass is 296 g/mol. The molecule has 1 amide bonds. The number of aliphatic hydroxyl groups is 1. The van der Waals surface area contributed by atoms with Crippen molar-refractivity contribution in [3.05, 3.63) is 22.2 Å². The molecular weight excluding hydrogens is 272 g/mol. The highest BCUT2D eigenvalue weighted by atomic mass is 32.1. The number of aromatic nitrogens is 1. The highest BCUT2D eigenvalue weighted by molar-refractivity contribution is 7.09. The van der Waals surface area contributed by atoms with Crippen LogP contribution < -0.4 is 5.32 Å². The molecule has 0 spiro atoms. The Balaban J connectivity index is 2.47.